The molecule has 0 radical (unpaired) electrons. The molecule has 22 heavy (non-hydrogen) atoms. The lowest BCUT2D eigenvalue weighted by Gasteiger charge is -2.33. The van der Waals surface area contributed by atoms with Gasteiger partial charge in [0, 0.05) is 45.8 Å². The molecule has 136 valence electrons. The zero-order valence-corrected chi connectivity index (χ0v) is 16.4. The summed E-state index contributed by atoms with van der Waals surface area (Å²) in [4.78, 5) is 17.0. The number of nitrogens with zero attached hydrogens (tertiary/aromatic N) is 2. The summed E-state index contributed by atoms with van der Waals surface area (Å²) in [5.41, 5.74) is 5.41. The van der Waals surface area contributed by atoms with Gasteiger partial charge in [0.05, 0.1) is 5.41 Å². The normalized spacial score (nSPS) is 16.0. The van der Waals surface area contributed by atoms with Gasteiger partial charge in [0.1, 0.15) is 0 Å². The zero-order chi connectivity index (χ0) is 14.3. The van der Waals surface area contributed by atoms with Crippen molar-refractivity contribution in [1.29, 1.82) is 0 Å². The molecule has 0 aliphatic carbocycles. The summed E-state index contributed by atoms with van der Waals surface area (Å²) in [6, 6.07) is 0. The molecule has 8 heteroatoms. The summed E-state index contributed by atoms with van der Waals surface area (Å²) in [5, 5.41) is 3.06. The Bertz CT molecular complexity index is 275. The Kier molecular flexibility index (Phi) is 16.8. The molecule has 1 aliphatic rings. The van der Waals surface area contributed by atoms with Crippen molar-refractivity contribution < 1.29 is 4.79 Å². The predicted molar refractivity (Wildman–Crippen MR) is 101 cm³/mol. The van der Waals surface area contributed by atoms with E-state index in [0.29, 0.717) is 6.54 Å². The Morgan fingerprint density at radius 2 is 1.59 bits per heavy atom. The van der Waals surface area contributed by atoms with Crippen LogP contribution in [0.15, 0.2) is 0 Å². The lowest BCUT2D eigenvalue weighted by molar-refractivity contribution is -0.131. The molecule has 0 spiro atoms. The van der Waals surface area contributed by atoms with E-state index in [0.717, 1.165) is 52.1 Å². The van der Waals surface area contributed by atoms with E-state index in [2.05, 4.69) is 22.2 Å². The number of nitrogens with two attached hydrogens (primary N) is 1. The van der Waals surface area contributed by atoms with Crippen LogP contribution in [0.2, 0.25) is 0 Å². The van der Waals surface area contributed by atoms with Crippen molar-refractivity contribution in [3.05, 3.63) is 0 Å². The van der Waals surface area contributed by atoms with E-state index in [-0.39, 0.29) is 48.5 Å². The maximum absolute atomic E-state index is 12.2. The average Bonchev–Trinajstić information content (AvgIpc) is 2.44. The van der Waals surface area contributed by atoms with Crippen molar-refractivity contribution in [2.24, 2.45) is 11.1 Å². The summed E-state index contributed by atoms with van der Waals surface area (Å²) in [6.07, 6.45) is 1.61. The molecule has 1 rings (SSSR count). The van der Waals surface area contributed by atoms with Crippen molar-refractivity contribution in [2.45, 2.75) is 26.7 Å². The molecule has 1 fully saturated rings. The molecule has 3 N–H and O–H groups in total. The van der Waals surface area contributed by atoms with Gasteiger partial charge in [0.15, 0.2) is 0 Å². The SMILES string of the molecule is CCC(CC)(CN)C(=O)NCCN1CCN(C)CC1.Cl.Cl.Cl. The zero-order valence-electron chi connectivity index (χ0n) is 14.0. The summed E-state index contributed by atoms with van der Waals surface area (Å²) in [5.74, 6) is 0.120. The fraction of sp³-hybridized carbons (Fsp3) is 0.929. The van der Waals surface area contributed by atoms with Crippen LogP contribution >= 0.6 is 37.2 Å². The fourth-order valence-electron chi connectivity index (χ4n) is 2.54. The van der Waals surface area contributed by atoms with Gasteiger partial charge < -0.3 is 16.0 Å². The monoisotopic (exact) mass is 378 g/mol. The summed E-state index contributed by atoms with van der Waals surface area (Å²) < 4.78 is 0. The first-order valence-corrected chi connectivity index (χ1v) is 7.47. The van der Waals surface area contributed by atoms with E-state index in [1.165, 1.54) is 0 Å². The number of hydrogen-bond acceptors (Lipinski definition) is 4. The maximum atomic E-state index is 12.2. The van der Waals surface area contributed by atoms with Crippen molar-refractivity contribution >= 4 is 43.1 Å². The van der Waals surface area contributed by atoms with Gasteiger partial charge in [-0.25, -0.2) is 0 Å². The van der Waals surface area contributed by atoms with E-state index >= 15 is 0 Å². The molecule has 1 heterocycles. The van der Waals surface area contributed by atoms with Crippen LogP contribution < -0.4 is 11.1 Å². The van der Waals surface area contributed by atoms with Crippen molar-refractivity contribution in [1.82, 2.24) is 15.1 Å². The predicted octanol–water partition coefficient (Wildman–Crippen LogP) is 1.38. The van der Waals surface area contributed by atoms with Gasteiger partial charge in [-0.2, -0.15) is 0 Å². The van der Waals surface area contributed by atoms with Gasteiger partial charge in [-0.1, -0.05) is 13.8 Å². The van der Waals surface area contributed by atoms with Crippen LogP contribution in [-0.2, 0) is 4.79 Å². The van der Waals surface area contributed by atoms with E-state index in [4.69, 9.17) is 5.73 Å². The third kappa shape index (κ3) is 7.66. The van der Waals surface area contributed by atoms with Gasteiger partial charge in [-0.05, 0) is 19.9 Å². The molecule has 0 atom stereocenters. The number of hydrogen-bond donors (Lipinski definition) is 2. The first kappa shape index (κ1) is 27.1. The number of amides is 1. The molecule has 0 saturated carbocycles. The molecule has 0 aromatic heterocycles. The van der Waals surface area contributed by atoms with Gasteiger partial charge in [0.2, 0.25) is 5.91 Å². The van der Waals surface area contributed by atoms with Crippen LogP contribution in [0.25, 0.3) is 0 Å². The van der Waals surface area contributed by atoms with Gasteiger partial charge in [-0.3, -0.25) is 9.69 Å². The number of nitrogens with one attached hydrogen (secondary N) is 1. The maximum Gasteiger partial charge on any atom is 0.227 e. The molecule has 1 saturated heterocycles. The van der Waals surface area contributed by atoms with Crippen molar-refractivity contribution in [2.75, 3.05) is 52.9 Å². The van der Waals surface area contributed by atoms with Crippen LogP contribution in [-0.4, -0.2) is 68.6 Å². The Morgan fingerprint density at radius 3 is 2.00 bits per heavy atom. The highest BCUT2D eigenvalue weighted by Crippen LogP contribution is 2.24. The van der Waals surface area contributed by atoms with E-state index in [9.17, 15) is 4.79 Å². The minimum Gasteiger partial charge on any atom is -0.354 e. The standard InChI is InChI=1S/C14H30N4O.3ClH/c1-4-14(5-2,12-15)13(19)16-6-7-18-10-8-17(3)9-11-18;;;/h4-12,15H2,1-3H3,(H,16,19);3*1H. The Balaban J connectivity index is -0.00000120. The topological polar surface area (TPSA) is 61.6 Å². The van der Waals surface area contributed by atoms with Crippen LogP contribution in [0.5, 0.6) is 0 Å². The van der Waals surface area contributed by atoms with Gasteiger partial charge >= 0.3 is 0 Å². The van der Waals surface area contributed by atoms with E-state index < -0.39 is 0 Å². The summed E-state index contributed by atoms with van der Waals surface area (Å²) in [7, 11) is 2.15. The molecule has 0 aromatic rings. The number of rotatable bonds is 7. The molecule has 0 aromatic carbocycles. The number of halogens is 3. The lowest BCUT2D eigenvalue weighted by atomic mass is 9.81. The fourth-order valence-corrected chi connectivity index (χ4v) is 2.54. The van der Waals surface area contributed by atoms with Crippen LogP contribution in [0.4, 0.5) is 0 Å². The molecule has 0 bridgehead atoms. The first-order valence-electron chi connectivity index (χ1n) is 7.47. The minimum atomic E-state index is -0.373. The Hall–Kier alpha value is 0.220. The number of carbonyl (C=O) groups is 1. The third-order valence-electron chi connectivity index (χ3n) is 4.54. The second-order valence-electron chi connectivity index (χ2n) is 5.59. The highest BCUT2D eigenvalue weighted by atomic mass is 35.5. The minimum absolute atomic E-state index is 0. The molecule has 1 aliphatic heterocycles. The largest absolute Gasteiger partial charge is 0.354 e. The van der Waals surface area contributed by atoms with Crippen molar-refractivity contribution in [3.63, 3.8) is 0 Å². The lowest BCUT2D eigenvalue weighted by Crippen LogP contribution is -2.49. The van der Waals surface area contributed by atoms with E-state index in [1.54, 1.807) is 0 Å². The van der Waals surface area contributed by atoms with Crippen molar-refractivity contribution in [3.8, 4) is 0 Å². The van der Waals surface area contributed by atoms with Crippen LogP contribution in [0.3, 0.4) is 0 Å². The Labute approximate surface area is 154 Å². The van der Waals surface area contributed by atoms with Crippen LogP contribution in [0.1, 0.15) is 26.7 Å². The second-order valence-corrected chi connectivity index (χ2v) is 5.59. The Morgan fingerprint density at radius 1 is 1.09 bits per heavy atom. The first-order chi connectivity index (χ1) is 9.07. The number of piperazine rings is 1. The second kappa shape index (κ2) is 13.6. The highest BCUT2D eigenvalue weighted by molar-refractivity contribution is 5.86. The molecule has 0 unspecified atom stereocenters. The smallest absolute Gasteiger partial charge is 0.227 e. The van der Waals surface area contributed by atoms with Crippen LogP contribution in [0, 0.1) is 5.41 Å². The van der Waals surface area contributed by atoms with Gasteiger partial charge in [0.25, 0.3) is 0 Å². The number of carbonyl (C=O) groups excluding carboxylic acids is 1. The number of likely N-dealkylation sites (N-methyl/N-ethyl adjacent to an activating group) is 1. The summed E-state index contributed by atoms with van der Waals surface area (Å²) >= 11 is 0. The quantitative estimate of drug-likeness (QED) is 0.701. The highest BCUT2D eigenvalue weighted by Gasteiger charge is 2.32. The molecular weight excluding hydrogens is 347 g/mol. The molecule has 1 amide bonds. The third-order valence-corrected chi connectivity index (χ3v) is 4.54. The van der Waals surface area contributed by atoms with E-state index in [1.807, 2.05) is 13.8 Å². The molecule has 5 nitrogen and oxygen atoms in total. The average molecular weight is 380 g/mol. The van der Waals surface area contributed by atoms with Gasteiger partial charge in [-0.15, -0.1) is 37.2 Å². The molecular formula is C14H33Cl3N4O. The summed E-state index contributed by atoms with van der Waals surface area (Å²) in [6.45, 7) is 10.6.